The van der Waals surface area contributed by atoms with Crippen molar-refractivity contribution in [2.45, 2.75) is 25.7 Å². The molecule has 3 heteroatoms. The Kier molecular flexibility index (Phi) is 3.62. The molecule has 1 aliphatic carbocycles. The van der Waals surface area contributed by atoms with Crippen LogP contribution in [-0.4, -0.2) is 10.9 Å². The van der Waals surface area contributed by atoms with Crippen molar-refractivity contribution in [3.63, 3.8) is 0 Å². The molecule has 84 valence electrons. The van der Waals surface area contributed by atoms with Gasteiger partial charge in [-0.3, -0.25) is 0 Å². The average Bonchev–Trinajstić information content (AvgIpc) is 2.33. The van der Waals surface area contributed by atoms with Crippen LogP contribution < -0.4 is 0 Å². The van der Waals surface area contributed by atoms with E-state index in [-0.39, 0.29) is 0 Å². The summed E-state index contributed by atoms with van der Waals surface area (Å²) < 4.78 is 0. The molecule has 0 bridgehead atoms. The molecule has 2 nitrogen and oxygen atoms in total. The van der Waals surface area contributed by atoms with E-state index >= 15 is 0 Å². The first-order valence-electron chi connectivity index (χ1n) is 5.47. The van der Waals surface area contributed by atoms with Gasteiger partial charge in [-0.05, 0) is 49.0 Å². The fourth-order valence-corrected chi connectivity index (χ4v) is 2.15. The molecule has 1 fully saturated rings. The van der Waals surface area contributed by atoms with Gasteiger partial charge in [-0.15, -0.1) is 0 Å². The number of oxime groups is 1. The lowest BCUT2D eigenvalue weighted by molar-refractivity contribution is 0.316. The van der Waals surface area contributed by atoms with Gasteiger partial charge in [0.05, 0.1) is 5.71 Å². The van der Waals surface area contributed by atoms with Crippen LogP contribution in [0.25, 0.3) is 6.08 Å². The number of benzene rings is 1. The summed E-state index contributed by atoms with van der Waals surface area (Å²) in [7, 11) is 0. The lowest BCUT2D eigenvalue weighted by atomic mass is 9.91. The predicted molar refractivity (Wildman–Crippen MR) is 67.1 cm³/mol. The van der Waals surface area contributed by atoms with Crippen LogP contribution in [0.1, 0.15) is 31.2 Å². The molecule has 16 heavy (non-hydrogen) atoms. The van der Waals surface area contributed by atoms with Gasteiger partial charge in [0.15, 0.2) is 0 Å². The first kappa shape index (κ1) is 11.2. The topological polar surface area (TPSA) is 32.6 Å². The Morgan fingerprint density at radius 3 is 2.69 bits per heavy atom. The Morgan fingerprint density at radius 2 is 1.94 bits per heavy atom. The van der Waals surface area contributed by atoms with Crippen LogP contribution in [0.15, 0.2) is 35.0 Å². The summed E-state index contributed by atoms with van der Waals surface area (Å²) in [6.07, 6.45) is 6.09. The number of allylic oxidation sites excluding steroid dienone is 1. The third-order valence-electron chi connectivity index (χ3n) is 2.84. The van der Waals surface area contributed by atoms with E-state index in [4.69, 9.17) is 16.8 Å². The first-order valence-corrected chi connectivity index (χ1v) is 5.85. The van der Waals surface area contributed by atoms with Crippen molar-refractivity contribution in [1.29, 1.82) is 0 Å². The second kappa shape index (κ2) is 5.17. The molecule has 0 atom stereocenters. The van der Waals surface area contributed by atoms with Gasteiger partial charge in [-0.2, -0.15) is 0 Å². The van der Waals surface area contributed by atoms with Crippen molar-refractivity contribution in [3.8, 4) is 0 Å². The summed E-state index contributed by atoms with van der Waals surface area (Å²) in [5.41, 5.74) is 2.88. The highest BCUT2D eigenvalue weighted by Crippen LogP contribution is 2.25. The van der Waals surface area contributed by atoms with Crippen molar-refractivity contribution in [1.82, 2.24) is 0 Å². The van der Waals surface area contributed by atoms with Crippen LogP contribution in [0.2, 0.25) is 5.02 Å². The minimum atomic E-state index is 0.734. The fourth-order valence-electron chi connectivity index (χ4n) is 1.96. The molecule has 0 spiro atoms. The first-order chi connectivity index (χ1) is 7.81. The third-order valence-corrected chi connectivity index (χ3v) is 3.18. The second-order valence-corrected chi connectivity index (χ2v) is 4.35. The van der Waals surface area contributed by atoms with Crippen LogP contribution in [-0.2, 0) is 0 Å². The molecule has 0 unspecified atom stereocenters. The van der Waals surface area contributed by atoms with E-state index in [9.17, 15) is 0 Å². The zero-order valence-corrected chi connectivity index (χ0v) is 9.74. The summed E-state index contributed by atoms with van der Waals surface area (Å²) in [4.78, 5) is 0. The molecule has 0 aliphatic heterocycles. The zero-order chi connectivity index (χ0) is 11.4. The Bertz CT molecular complexity index is 437. The van der Waals surface area contributed by atoms with E-state index in [1.54, 1.807) is 0 Å². The van der Waals surface area contributed by atoms with E-state index in [0.717, 1.165) is 47.6 Å². The van der Waals surface area contributed by atoms with Gasteiger partial charge < -0.3 is 5.21 Å². The summed E-state index contributed by atoms with van der Waals surface area (Å²) in [6.45, 7) is 0. The minimum absolute atomic E-state index is 0.734. The van der Waals surface area contributed by atoms with Crippen LogP contribution in [0.4, 0.5) is 0 Å². The van der Waals surface area contributed by atoms with E-state index in [2.05, 4.69) is 5.16 Å². The molecular formula is C13H14ClNO. The molecule has 1 aromatic rings. The second-order valence-electron chi connectivity index (χ2n) is 3.94. The van der Waals surface area contributed by atoms with Gasteiger partial charge in [0.1, 0.15) is 0 Å². The molecule has 2 rings (SSSR count). The molecule has 1 aromatic carbocycles. The number of hydrogen-bond donors (Lipinski definition) is 1. The van der Waals surface area contributed by atoms with E-state index < -0.39 is 0 Å². The molecule has 0 radical (unpaired) electrons. The molecule has 0 saturated heterocycles. The molecule has 1 aliphatic rings. The minimum Gasteiger partial charge on any atom is -0.411 e. The Labute approximate surface area is 100 Å². The van der Waals surface area contributed by atoms with Crippen LogP contribution >= 0.6 is 11.6 Å². The maximum Gasteiger partial charge on any atom is 0.0827 e. The molecule has 0 aromatic heterocycles. The number of hydrogen-bond acceptors (Lipinski definition) is 2. The van der Waals surface area contributed by atoms with Gasteiger partial charge in [-0.1, -0.05) is 35.0 Å². The van der Waals surface area contributed by atoms with E-state index in [1.807, 2.05) is 30.3 Å². The summed E-state index contributed by atoms with van der Waals surface area (Å²) in [6, 6.07) is 7.70. The highest BCUT2D eigenvalue weighted by molar-refractivity contribution is 6.32. The van der Waals surface area contributed by atoms with Crippen molar-refractivity contribution in [2.75, 3.05) is 0 Å². The SMILES string of the molecule is O/N=C1\CCCC\C1=C\c1ccccc1Cl. The van der Waals surface area contributed by atoms with Crippen LogP contribution in [0.5, 0.6) is 0 Å². The van der Waals surface area contributed by atoms with Gasteiger partial charge >= 0.3 is 0 Å². The number of halogens is 1. The molecule has 0 heterocycles. The largest absolute Gasteiger partial charge is 0.411 e. The molecule has 1 N–H and O–H groups in total. The number of nitrogens with zero attached hydrogens (tertiary/aromatic N) is 1. The Balaban J connectivity index is 2.32. The molecule has 0 amide bonds. The van der Waals surface area contributed by atoms with Crippen molar-refractivity contribution in [2.24, 2.45) is 5.16 Å². The predicted octanol–water partition coefficient (Wildman–Crippen LogP) is 4.13. The normalized spacial score (nSPS) is 21.6. The van der Waals surface area contributed by atoms with Crippen molar-refractivity contribution >= 4 is 23.4 Å². The average molecular weight is 236 g/mol. The third kappa shape index (κ3) is 2.45. The molecular weight excluding hydrogens is 222 g/mol. The Morgan fingerprint density at radius 1 is 1.19 bits per heavy atom. The standard InChI is InChI=1S/C13H14ClNO/c14-12-7-3-1-5-10(12)9-11-6-2-4-8-13(11)15-16/h1,3,5,7,9,16H,2,4,6,8H2/b11-9-,15-13+. The summed E-state index contributed by atoms with van der Waals surface area (Å²) in [5, 5.41) is 13.0. The van der Waals surface area contributed by atoms with Gasteiger partial charge in [0, 0.05) is 5.02 Å². The van der Waals surface area contributed by atoms with Gasteiger partial charge in [0.2, 0.25) is 0 Å². The van der Waals surface area contributed by atoms with Crippen molar-refractivity contribution in [3.05, 3.63) is 40.4 Å². The quantitative estimate of drug-likeness (QED) is 0.576. The lowest BCUT2D eigenvalue weighted by Gasteiger charge is -2.15. The summed E-state index contributed by atoms with van der Waals surface area (Å²) >= 11 is 6.09. The van der Waals surface area contributed by atoms with Gasteiger partial charge in [0.25, 0.3) is 0 Å². The zero-order valence-electron chi connectivity index (χ0n) is 8.99. The highest BCUT2D eigenvalue weighted by atomic mass is 35.5. The Hall–Kier alpha value is -1.28. The van der Waals surface area contributed by atoms with Crippen LogP contribution in [0.3, 0.4) is 0 Å². The van der Waals surface area contributed by atoms with E-state index in [1.165, 1.54) is 0 Å². The van der Waals surface area contributed by atoms with Crippen LogP contribution in [0, 0.1) is 0 Å². The molecule has 1 saturated carbocycles. The summed E-state index contributed by atoms with van der Waals surface area (Å²) in [5.74, 6) is 0. The van der Waals surface area contributed by atoms with E-state index in [0.29, 0.717) is 0 Å². The van der Waals surface area contributed by atoms with Crippen molar-refractivity contribution < 1.29 is 5.21 Å². The highest BCUT2D eigenvalue weighted by Gasteiger charge is 2.13. The smallest absolute Gasteiger partial charge is 0.0827 e. The lowest BCUT2D eigenvalue weighted by Crippen LogP contribution is -2.08. The maximum absolute atomic E-state index is 8.92. The maximum atomic E-state index is 8.92. The number of rotatable bonds is 1. The van der Waals surface area contributed by atoms with Gasteiger partial charge in [-0.25, -0.2) is 0 Å². The monoisotopic (exact) mass is 235 g/mol. The fraction of sp³-hybridized carbons (Fsp3) is 0.308.